The van der Waals surface area contributed by atoms with Gasteiger partial charge >= 0.3 is 0 Å². The SMILES string of the molecule is CCOC(C)Cn1c(=S)[nH]c2cc(I)ccc21. The topological polar surface area (TPSA) is 29.9 Å². The molecular weight excluding hydrogens is 347 g/mol. The quantitative estimate of drug-likeness (QED) is 0.664. The fourth-order valence-electron chi connectivity index (χ4n) is 1.91. The Morgan fingerprint density at radius 3 is 3.00 bits per heavy atom. The second-order valence-electron chi connectivity index (χ2n) is 3.97. The molecule has 0 radical (unpaired) electrons. The Kier molecular flexibility index (Phi) is 4.22. The van der Waals surface area contributed by atoms with Crippen LogP contribution in [0.5, 0.6) is 0 Å². The van der Waals surface area contributed by atoms with Crippen molar-refractivity contribution in [1.29, 1.82) is 0 Å². The summed E-state index contributed by atoms with van der Waals surface area (Å²) >= 11 is 7.65. The first-order chi connectivity index (χ1) is 8.11. The largest absolute Gasteiger partial charge is 0.377 e. The standard InChI is InChI=1S/C12H15IN2OS/c1-3-16-8(2)7-15-11-5-4-9(13)6-10(11)14-12(15)17/h4-6,8H,3,7H2,1-2H3,(H,14,17). The molecule has 2 rings (SSSR count). The summed E-state index contributed by atoms with van der Waals surface area (Å²) in [7, 11) is 0. The number of aromatic nitrogens is 2. The van der Waals surface area contributed by atoms with E-state index in [1.165, 1.54) is 3.57 Å². The number of hydrogen-bond acceptors (Lipinski definition) is 2. The number of fused-ring (bicyclic) bond motifs is 1. The van der Waals surface area contributed by atoms with Crippen molar-refractivity contribution in [2.24, 2.45) is 0 Å². The van der Waals surface area contributed by atoms with Crippen LogP contribution in [0.4, 0.5) is 0 Å². The Balaban J connectivity index is 2.40. The molecule has 0 saturated carbocycles. The molecule has 0 aliphatic carbocycles. The summed E-state index contributed by atoms with van der Waals surface area (Å²) < 4.78 is 9.62. The van der Waals surface area contributed by atoms with Crippen LogP contribution in [-0.4, -0.2) is 22.3 Å². The van der Waals surface area contributed by atoms with Crippen LogP contribution >= 0.6 is 34.8 Å². The summed E-state index contributed by atoms with van der Waals surface area (Å²) in [4.78, 5) is 3.23. The number of aromatic amines is 1. The molecule has 0 saturated heterocycles. The fraction of sp³-hybridized carbons (Fsp3) is 0.417. The average Bonchev–Trinajstić information content (AvgIpc) is 2.55. The predicted molar refractivity (Wildman–Crippen MR) is 80.9 cm³/mol. The lowest BCUT2D eigenvalue weighted by Gasteiger charge is -2.12. The normalized spacial score (nSPS) is 13.1. The van der Waals surface area contributed by atoms with Gasteiger partial charge in [0, 0.05) is 10.2 Å². The minimum atomic E-state index is 0.171. The zero-order valence-electron chi connectivity index (χ0n) is 9.87. The molecule has 1 aromatic carbocycles. The average molecular weight is 362 g/mol. The van der Waals surface area contributed by atoms with E-state index in [1.54, 1.807) is 0 Å². The highest BCUT2D eigenvalue weighted by Gasteiger charge is 2.08. The Bertz CT molecular complexity index is 575. The van der Waals surface area contributed by atoms with Gasteiger partial charge in [-0.05, 0) is 66.9 Å². The van der Waals surface area contributed by atoms with Gasteiger partial charge in [-0.25, -0.2) is 0 Å². The third-order valence-electron chi connectivity index (χ3n) is 2.63. The molecule has 0 spiro atoms. The van der Waals surface area contributed by atoms with Crippen LogP contribution in [0, 0.1) is 8.34 Å². The first-order valence-electron chi connectivity index (χ1n) is 5.61. The number of H-pyrrole nitrogens is 1. The minimum absolute atomic E-state index is 0.171. The molecule has 0 fully saturated rings. The maximum Gasteiger partial charge on any atom is 0.178 e. The van der Waals surface area contributed by atoms with Gasteiger partial charge in [-0.2, -0.15) is 0 Å². The molecule has 1 atom stereocenters. The first-order valence-corrected chi connectivity index (χ1v) is 7.10. The van der Waals surface area contributed by atoms with Crippen molar-refractivity contribution in [3.8, 4) is 0 Å². The van der Waals surface area contributed by atoms with Crippen LogP contribution < -0.4 is 0 Å². The smallest absolute Gasteiger partial charge is 0.178 e. The number of imidazole rings is 1. The van der Waals surface area contributed by atoms with E-state index in [2.05, 4.69) is 57.3 Å². The van der Waals surface area contributed by atoms with Crippen LogP contribution in [0.3, 0.4) is 0 Å². The van der Waals surface area contributed by atoms with Crippen LogP contribution in [0.15, 0.2) is 18.2 Å². The van der Waals surface area contributed by atoms with Crippen molar-refractivity contribution in [3.05, 3.63) is 26.5 Å². The first kappa shape index (κ1) is 13.0. The minimum Gasteiger partial charge on any atom is -0.377 e. The summed E-state index contributed by atoms with van der Waals surface area (Å²) in [5.74, 6) is 0. The molecule has 17 heavy (non-hydrogen) atoms. The number of nitrogens with zero attached hydrogens (tertiary/aromatic N) is 1. The second-order valence-corrected chi connectivity index (χ2v) is 5.60. The van der Waals surface area contributed by atoms with Gasteiger partial charge in [0.05, 0.1) is 23.7 Å². The third-order valence-corrected chi connectivity index (χ3v) is 3.62. The van der Waals surface area contributed by atoms with Crippen LogP contribution in [0.2, 0.25) is 0 Å². The molecule has 1 unspecified atom stereocenters. The fourth-order valence-corrected chi connectivity index (χ4v) is 2.69. The van der Waals surface area contributed by atoms with Gasteiger partial charge in [-0.1, -0.05) is 0 Å². The lowest BCUT2D eigenvalue weighted by Crippen LogP contribution is -2.16. The van der Waals surface area contributed by atoms with Crippen molar-refractivity contribution in [3.63, 3.8) is 0 Å². The Hall–Kier alpha value is -0.400. The molecule has 5 heteroatoms. The summed E-state index contributed by atoms with van der Waals surface area (Å²) in [5.41, 5.74) is 2.23. The number of nitrogens with one attached hydrogen (secondary N) is 1. The van der Waals surface area contributed by atoms with Crippen molar-refractivity contribution < 1.29 is 4.74 Å². The molecule has 0 bridgehead atoms. The van der Waals surface area contributed by atoms with Crippen LogP contribution in [-0.2, 0) is 11.3 Å². The summed E-state index contributed by atoms with van der Waals surface area (Å²) in [5, 5.41) is 0. The Morgan fingerprint density at radius 2 is 2.29 bits per heavy atom. The molecule has 0 aliphatic rings. The molecule has 2 aromatic rings. The van der Waals surface area contributed by atoms with E-state index in [-0.39, 0.29) is 6.10 Å². The molecule has 1 aromatic heterocycles. The molecular formula is C12H15IN2OS. The van der Waals surface area contributed by atoms with Gasteiger partial charge in [-0.15, -0.1) is 0 Å². The summed E-state index contributed by atoms with van der Waals surface area (Å²) in [6.45, 7) is 5.59. The van der Waals surface area contributed by atoms with E-state index in [0.29, 0.717) is 0 Å². The highest BCUT2D eigenvalue weighted by atomic mass is 127. The zero-order valence-corrected chi connectivity index (χ0v) is 12.8. The Morgan fingerprint density at radius 1 is 1.53 bits per heavy atom. The van der Waals surface area contributed by atoms with Crippen molar-refractivity contribution in [1.82, 2.24) is 9.55 Å². The molecule has 1 heterocycles. The van der Waals surface area contributed by atoms with Gasteiger partial charge in [0.15, 0.2) is 4.77 Å². The molecule has 3 nitrogen and oxygen atoms in total. The van der Waals surface area contributed by atoms with E-state index in [9.17, 15) is 0 Å². The maximum absolute atomic E-state index is 5.56. The van der Waals surface area contributed by atoms with Crippen LogP contribution in [0.1, 0.15) is 13.8 Å². The van der Waals surface area contributed by atoms with Crippen molar-refractivity contribution in [2.75, 3.05) is 6.61 Å². The summed E-state index contributed by atoms with van der Waals surface area (Å²) in [6.07, 6.45) is 0.171. The number of rotatable bonds is 4. The third kappa shape index (κ3) is 2.89. The van der Waals surface area contributed by atoms with Gasteiger partial charge < -0.3 is 14.3 Å². The van der Waals surface area contributed by atoms with Gasteiger partial charge in [-0.3, -0.25) is 0 Å². The summed E-state index contributed by atoms with van der Waals surface area (Å²) in [6, 6.07) is 6.29. The molecule has 92 valence electrons. The molecule has 0 aliphatic heterocycles. The lowest BCUT2D eigenvalue weighted by atomic mass is 10.3. The zero-order chi connectivity index (χ0) is 12.4. The predicted octanol–water partition coefficient (Wildman–Crippen LogP) is 3.73. The highest BCUT2D eigenvalue weighted by Crippen LogP contribution is 2.18. The number of benzene rings is 1. The highest BCUT2D eigenvalue weighted by molar-refractivity contribution is 14.1. The number of hydrogen-bond donors (Lipinski definition) is 1. The molecule has 1 N–H and O–H groups in total. The van der Waals surface area contributed by atoms with Crippen molar-refractivity contribution >= 4 is 45.8 Å². The van der Waals surface area contributed by atoms with Crippen LogP contribution in [0.25, 0.3) is 11.0 Å². The second kappa shape index (κ2) is 5.49. The Labute approximate surface area is 119 Å². The number of halogens is 1. The van der Waals surface area contributed by atoms with Gasteiger partial charge in [0.2, 0.25) is 0 Å². The van der Waals surface area contributed by atoms with Gasteiger partial charge in [0.25, 0.3) is 0 Å². The lowest BCUT2D eigenvalue weighted by molar-refractivity contribution is 0.0645. The van der Waals surface area contributed by atoms with E-state index >= 15 is 0 Å². The van der Waals surface area contributed by atoms with E-state index < -0.39 is 0 Å². The maximum atomic E-state index is 5.56. The van der Waals surface area contributed by atoms with E-state index in [4.69, 9.17) is 17.0 Å². The van der Waals surface area contributed by atoms with Crippen molar-refractivity contribution in [2.45, 2.75) is 26.5 Å². The number of ether oxygens (including phenoxy) is 1. The monoisotopic (exact) mass is 362 g/mol. The van der Waals surface area contributed by atoms with E-state index in [1.807, 2.05) is 6.92 Å². The van der Waals surface area contributed by atoms with E-state index in [0.717, 1.165) is 29.0 Å². The van der Waals surface area contributed by atoms with Gasteiger partial charge in [0.1, 0.15) is 0 Å². The molecule has 0 amide bonds.